The van der Waals surface area contributed by atoms with E-state index in [0.717, 1.165) is 36.7 Å². The van der Waals surface area contributed by atoms with Crippen LogP contribution < -0.4 is 15.4 Å². The van der Waals surface area contributed by atoms with Crippen LogP contribution in [0.1, 0.15) is 26.2 Å². The van der Waals surface area contributed by atoms with Crippen LogP contribution in [-0.2, 0) is 14.8 Å². The van der Waals surface area contributed by atoms with Crippen molar-refractivity contribution in [2.75, 3.05) is 26.2 Å². The first-order valence-electron chi connectivity index (χ1n) is 9.34. The minimum Gasteiger partial charge on any atom is -0.356 e. The van der Waals surface area contributed by atoms with Gasteiger partial charge in [-0.2, -0.15) is 0 Å². The van der Waals surface area contributed by atoms with Crippen molar-refractivity contribution in [3.05, 3.63) is 42.5 Å². The van der Waals surface area contributed by atoms with E-state index in [2.05, 4.69) is 22.3 Å². The fraction of sp³-hybridized carbons (Fsp3) is 0.450. The zero-order chi connectivity index (χ0) is 19.3. The third-order valence-corrected chi connectivity index (χ3v) is 6.66. The maximum atomic E-state index is 12.5. The highest BCUT2D eigenvalue weighted by Crippen LogP contribution is 2.26. The van der Waals surface area contributed by atoms with Crippen molar-refractivity contribution >= 4 is 39.1 Å². The summed E-state index contributed by atoms with van der Waals surface area (Å²) in [5, 5.41) is 8.11. The molecule has 1 amide bonds. The van der Waals surface area contributed by atoms with Crippen molar-refractivity contribution in [1.82, 2.24) is 15.4 Å². The SMILES string of the molecule is CC1(CNC(=O)CCNS(=O)(=O)c2ccc3ccccc3c2)CCNCC1.Cl. The Labute approximate surface area is 172 Å². The predicted octanol–water partition coefficient (Wildman–Crippen LogP) is 2.44. The van der Waals surface area contributed by atoms with E-state index in [1.165, 1.54) is 0 Å². The number of halogens is 1. The maximum absolute atomic E-state index is 12.5. The molecule has 0 unspecified atom stereocenters. The average Bonchev–Trinajstić information content (AvgIpc) is 2.66. The highest BCUT2D eigenvalue weighted by atomic mass is 35.5. The highest BCUT2D eigenvalue weighted by Gasteiger charge is 2.27. The molecule has 3 N–H and O–H groups in total. The van der Waals surface area contributed by atoms with Gasteiger partial charge in [0.2, 0.25) is 15.9 Å². The summed E-state index contributed by atoms with van der Waals surface area (Å²) in [5.74, 6) is -0.129. The molecule has 1 heterocycles. The molecule has 2 aromatic rings. The largest absolute Gasteiger partial charge is 0.356 e. The van der Waals surface area contributed by atoms with Crippen molar-refractivity contribution in [3.63, 3.8) is 0 Å². The second-order valence-corrected chi connectivity index (χ2v) is 9.26. The molecule has 0 aromatic heterocycles. The van der Waals surface area contributed by atoms with Gasteiger partial charge in [-0.25, -0.2) is 13.1 Å². The summed E-state index contributed by atoms with van der Waals surface area (Å²) < 4.78 is 27.4. The standard InChI is InChI=1S/C20H27N3O3S.ClH/c1-20(9-12-21-13-10-20)15-22-19(24)8-11-23-27(25,26)18-7-6-16-4-2-3-5-17(16)14-18;/h2-7,14,21,23H,8-13,15H2,1H3,(H,22,24);1H. The van der Waals surface area contributed by atoms with Crippen LogP contribution in [0.3, 0.4) is 0 Å². The van der Waals surface area contributed by atoms with Crippen molar-refractivity contribution in [3.8, 4) is 0 Å². The van der Waals surface area contributed by atoms with E-state index in [-0.39, 0.29) is 41.6 Å². The van der Waals surface area contributed by atoms with Crippen LogP contribution >= 0.6 is 12.4 Å². The average molecular weight is 426 g/mol. The number of carbonyl (C=O) groups excluding carboxylic acids is 1. The quantitative estimate of drug-likeness (QED) is 0.635. The molecule has 0 aliphatic carbocycles. The van der Waals surface area contributed by atoms with Crippen LogP contribution in [0.2, 0.25) is 0 Å². The lowest BCUT2D eigenvalue weighted by atomic mass is 9.81. The summed E-state index contributed by atoms with van der Waals surface area (Å²) in [4.78, 5) is 12.3. The normalized spacial score (nSPS) is 16.3. The fourth-order valence-electron chi connectivity index (χ4n) is 3.32. The summed E-state index contributed by atoms with van der Waals surface area (Å²) >= 11 is 0. The predicted molar refractivity (Wildman–Crippen MR) is 114 cm³/mol. The number of amides is 1. The summed E-state index contributed by atoms with van der Waals surface area (Å²) in [6, 6.07) is 12.6. The molecule has 154 valence electrons. The highest BCUT2D eigenvalue weighted by molar-refractivity contribution is 7.89. The second-order valence-electron chi connectivity index (χ2n) is 7.49. The van der Waals surface area contributed by atoms with Gasteiger partial charge in [0.15, 0.2) is 0 Å². The van der Waals surface area contributed by atoms with Gasteiger partial charge in [-0.3, -0.25) is 4.79 Å². The number of benzene rings is 2. The summed E-state index contributed by atoms with van der Waals surface area (Å²) in [5.41, 5.74) is 0.117. The van der Waals surface area contributed by atoms with Gasteiger partial charge in [0, 0.05) is 19.5 Å². The minimum absolute atomic E-state index is 0. The number of rotatable bonds is 7. The van der Waals surface area contributed by atoms with Gasteiger partial charge < -0.3 is 10.6 Å². The van der Waals surface area contributed by atoms with Gasteiger partial charge in [0.25, 0.3) is 0 Å². The van der Waals surface area contributed by atoms with Crippen molar-refractivity contribution in [1.29, 1.82) is 0 Å². The Bertz CT molecular complexity index is 912. The van der Waals surface area contributed by atoms with Gasteiger partial charge in [-0.05, 0) is 54.3 Å². The van der Waals surface area contributed by atoms with Crippen LogP contribution in [0.15, 0.2) is 47.4 Å². The monoisotopic (exact) mass is 425 g/mol. The molecular weight excluding hydrogens is 398 g/mol. The van der Waals surface area contributed by atoms with Gasteiger partial charge in [0.05, 0.1) is 4.90 Å². The second kappa shape index (κ2) is 9.69. The molecule has 0 atom stereocenters. The van der Waals surface area contributed by atoms with Gasteiger partial charge in [-0.15, -0.1) is 12.4 Å². The zero-order valence-electron chi connectivity index (χ0n) is 16.0. The van der Waals surface area contributed by atoms with E-state index < -0.39 is 10.0 Å². The van der Waals surface area contributed by atoms with Crippen molar-refractivity contribution in [2.24, 2.45) is 5.41 Å². The molecule has 1 aliphatic heterocycles. The van der Waals surface area contributed by atoms with Crippen LogP contribution in [0.25, 0.3) is 10.8 Å². The van der Waals surface area contributed by atoms with Crippen molar-refractivity contribution < 1.29 is 13.2 Å². The Morgan fingerprint density at radius 1 is 1.11 bits per heavy atom. The molecule has 1 aliphatic rings. The molecule has 2 aromatic carbocycles. The molecule has 28 heavy (non-hydrogen) atoms. The van der Waals surface area contributed by atoms with Gasteiger partial charge >= 0.3 is 0 Å². The lowest BCUT2D eigenvalue weighted by Crippen LogP contribution is -2.43. The molecule has 0 radical (unpaired) electrons. The number of carbonyl (C=O) groups is 1. The third kappa shape index (κ3) is 5.91. The lowest BCUT2D eigenvalue weighted by molar-refractivity contribution is -0.121. The van der Waals surface area contributed by atoms with Crippen LogP contribution in [0.5, 0.6) is 0 Å². The Balaban J connectivity index is 0.00000280. The fourth-order valence-corrected chi connectivity index (χ4v) is 4.39. The number of sulfonamides is 1. The topological polar surface area (TPSA) is 87.3 Å². The van der Waals surface area contributed by atoms with E-state index in [9.17, 15) is 13.2 Å². The maximum Gasteiger partial charge on any atom is 0.240 e. The first-order valence-corrected chi connectivity index (χ1v) is 10.8. The number of nitrogens with one attached hydrogen (secondary N) is 3. The van der Waals surface area contributed by atoms with E-state index >= 15 is 0 Å². The van der Waals surface area contributed by atoms with Gasteiger partial charge in [-0.1, -0.05) is 37.3 Å². The molecule has 1 saturated heterocycles. The molecule has 0 spiro atoms. The third-order valence-electron chi connectivity index (χ3n) is 5.20. The Morgan fingerprint density at radius 2 is 1.79 bits per heavy atom. The van der Waals surface area contributed by atoms with E-state index in [4.69, 9.17) is 0 Å². The lowest BCUT2D eigenvalue weighted by Gasteiger charge is -2.34. The van der Waals surface area contributed by atoms with Crippen LogP contribution in [0, 0.1) is 5.41 Å². The number of fused-ring (bicyclic) bond motifs is 1. The molecule has 8 heteroatoms. The summed E-state index contributed by atoms with van der Waals surface area (Å²) in [6.07, 6.45) is 2.19. The van der Waals surface area contributed by atoms with Crippen LogP contribution in [0.4, 0.5) is 0 Å². The molecule has 0 saturated carbocycles. The number of piperidine rings is 1. The zero-order valence-corrected chi connectivity index (χ0v) is 17.7. The van der Waals surface area contributed by atoms with Crippen LogP contribution in [-0.4, -0.2) is 40.5 Å². The minimum atomic E-state index is -3.63. The molecule has 0 bridgehead atoms. The van der Waals surface area contributed by atoms with E-state index in [1.54, 1.807) is 18.2 Å². The number of hydrogen-bond donors (Lipinski definition) is 3. The summed E-state index contributed by atoms with van der Waals surface area (Å²) in [6.45, 7) is 4.83. The molecular formula is C20H28ClN3O3S. The summed E-state index contributed by atoms with van der Waals surface area (Å²) in [7, 11) is -3.63. The Kier molecular flexibility index (Phi) is 7.83. The number of hydrogen-bond acceptors (Lipinski definition) is 4. The Hall–Kier alpha value is -1.67. The molecule has 6 nitrogen and oxygen atoms in total. The molecule has 1 fully saturated rings. The van der Waals surface area contributed by atoms with Crippen molar-refractivity contribution in [2.45, 2.75) is 31.1 Å². The van der Waals surface area contributed by atoms with E-state index in [1.807, 2.05) is 24.3 Å². The van der Waals surface area contributed by atoms with Gasteiger partial charge in [0.1, 0.15) is 0 Å². The Morgan fingerprint density at radius 3 is 2.50 bits per heavy atom. The van der Waals surface area contributed by atoms with E-state index in [0.29, 0.717) is 6.54 Å². The first kappa shape index (κ1) is 22.6. The first-order chi connectivity index (χ1) is 12.9. The molecule has 3 rings (SSSR count). The smallest absolute Gasteiger partial charge is 0.240 e.